The van der Waals surface area contributed by atoms with Crippen molar-refractivity contribution in [1.29, 1.82) is 0 Å². The van der Waals surface area contributed by atoms with Crippen molar-refractivity contribution in [2.24, 2.45) is 5.73 Å². The molecule has 0 bridgehead atoms. The number of aryl methyl sites for hydroxylation is 3. The Hall–Kier alpha value is -0.530. The van der Waals surface area contributed by atoms with E-state index >= 15 is 0 Å². The first kappa shape index (κ1) is 13.5. The highest BCUT2D eigenvalue weighted by atomic mass is 35.5. The summed E-state index contributed by atoms with van der Waals surface area (Å²) in [6.45, 7) is 5.03. The number of halogens is 1. The third-order valence-electron chi connectivity index (χ3n) is 3.02. The molecule has 1 aromatic carbocycles. The number of unbranched alkanes of at least 4 members (excludes halogenated alkanes) is 3. The summed E-state index contributed by atoms with van der Waals surface area (Å²) in [5.74, 6) is 0. The minimum absolute atomic E-state index is 0.819. The monoisotopic (exact) mass is 239 g/mol. The molecule has 0 saturated carbocycles. The van der Waals surface area contributed by atoms with Crippen LogP contribution in [-0.2, 0) is 6.42 Å². The van der Waals surface area contributed by atoms with Crippen molar-refractivity contribution in [1.82, 2.24) is 0 Å². The summed E-state index contributed by atoms with van der Waals surface area (Å²) in [7, 11) is 0. The molecule has 0 heterocycles. The van der Waals surface area contributed by atoms with Gasteiger partial charge in [0.15, 0.2) is 0 Å². The Morgan fingerprint density at radius 2 is 1.69 bits per heavy atom. The predicted octanol–water partition coefficient (Wildman–Crippen LogP) is 4.02. The standard InChI is InChI=1S/C14H22ClN/c1-11-10-14(15)12(2)9-13(11)7-5-3-4-6-8-16/h9-10H,3-8,16H2,1-2H3. The highest BCUT2D eigenvalue weighted by Crippen LogP contribution is 2.21. The fraction of sp³-hybridized carbons (Fsp3) is 0.571. The average Bonchev–Trinajstić information content (AvgIpc) is 2.25. The lowest BCUT2D eigenvalue weighted by Crippen LogP contribution is -1.98. The molecule has 0 fully saturated rings. The van der Waals surface area contributed by atoms with E-state index in [1.807, 2.05) is 0 Å². The molecular formula is C14H22ClN. The molecule has 1 aromatic rings. The lowest BCUT2D eigenvalue weighted by molar-refractivity contribution is 0.645. The maximum Gasteiger partial charge on any atom is 0.0438 e. The number of nitrogens with two attached hydrogens (primary N) is 1. The van der Waals surface area contributed by atoms with E-state index in [4.69, 9.17) is 17.3 Å². The van der Waals surface area contributed by atoms with Crippen molar-refractivity contribution in [3.05, 3.63) is 33.8 Å². The van der Waals surface area contributed by atoms with E-state index in [1.54, 1.807) is 0 Å². The molecule has 0 aliphatic carbocycles. The van der Waals surface area contributed by atoms with Crippen LogP contribution in [0, 0.1) is 13.8 Å². The number of benzene rings is 1. The smallest absolute Gasteiger partial charge is 0.0438 e. The first-order valence-electron chi connectivity index (χ1n) is 6.11. The molecule has 0 radical (unpaired) electrons. The van der Waals surface area contributed by atoms with E-state index in [1.165, 1.54) is 36.0 Å². The van der Waals surface area contributed by atoms with Gasteiger partial charge >= 0.3 is 0 Å². The molecule has 90 valence electrons. The Morgan fingerprint density at radius 3 is 2.38 bits per heavy atom. The molecule has 0 aliphatic heterocycles. The van der Waals surface area contributed by atoms with Crippen LogP contribution >= 0.6 is 11.6 Å². The van der Waals surface area contributed by atoms with Crippen molar-refractivity contribution in [3.63, 3.8) is 0 Å². The molecule has 0 unspecified atom stereocenters. The van der Waals surface area contributed by atoms with Crippen LogP contribution in [0.5, 0.6) is 0 Å². The minimum Gasteiger partial charge on any atom is -0.330 e. The Balaban J connectivity index is 2.45. The Labute approximate surface area is 104 Å². The fourth-order valence-electron chi connectivity index (χ4n) is 1.92. The second kappa shape index (κ2) is 6.93. The molecule has 2 heteroatoms. The summed E-state index contributed by atoms with van der Waals surface area (Å²) in [5, 5.41) is 0.879. The quantitative estimate of drug-likeness (QED) is 0.746. The van der Waals surface area contributed by atoms with E-state index in [0.717, 1.165) is 24.4 Å². The van der Waals surface area contributed by atoms with Gasteiger partial charge in [-0.1, -0.05) is 30.5 Å². The predicted molar refractivity (Wildman–Crippen MR) is 72.2 cm³/mol. The molecule has 0 atom stereocenters. The van der Waals surface area contributed by atoms with Crippen LogP contribution in [0.15, 0.2) is 12.1 Å². The van der Waals surface area contributed by atoms with Gasteiger partial charge in [-0.2, -0.15) is 0 Å². The van der Waals surface area contributed by atoms with Gasteiger partial charge in [-0.15, -0.1) is 0 Å². The highest BCUT2D eigenvalue weighted by Gasteiger charge is 2.02. The van der Waals surface area contributed by atoms with E-state index in [-0.39, 0.29) is 0 Å². The number of hydrogen-bond acceptors (Lipinski definition) is 1. The second-order valence-corrected chi connectivity index (χ2v) is 4.89. The molecule has 2 N–H and O–H groups in total. The van der Waals surface area contributed by atoms with Gasteiger partial charge in [-0.3, -0.25) is 0 Å². The maximum atomic E-state index is 6.07. The second-order valence-electron chi connectivity index (χ2n) is 4.48. The van der Waals surface area contributed by atoms with Crippen molar-refractivity contribution < 1.29 is 0 Å². The number of hydrogen-bond donors (Lipinski definition) is 1. The van der Waals surface area contributed by atoms with Gasteiger partial charge < -0.3 is 5.73 Å². The zero-order chi connectivity index (χ0) is 12.0. The lowest BCUT2D eigenvalue weighted by Gasteiger charge is -2.08. The molecule has 1 rings (SSSR count). The molecule has 16 heavy (non-hydrogen) atoms. The van der Waals surface area contributed by atoms with Crippen LogP contribution in [0.1, 0.15) is 42.4 Å². The van der Waals surface area contributed by atoms with Gasteiger partial charge in [0.2, 0.25) is 0 Å². The molecule has 0 amide bonds. The zero-order valence-corrected chi connectivity index (χ0v) is 11.1. The van der Waals surface area contributed by atoms with Crippen molar-refractivity contribution in [2.45, 2.75) is 46.0 Å². The topological polar surface area (TPSA) is 26.0 Å². The van der Waals surface area contributed by atoms with Gasteiger partial charge in [0.1, 0.15) is 0 Å². The van der Waals surface area contributed by atoms with E-state index in [0.29, 0.717) is 0 Å². The number of rotatable bonds is 6. The summed E-state index contributed by atoms with van der Waals surface area (Å²) < 4.78 is 0. The molecule has 1 nitrogen and oxygen atoms in total. The Bertz CT molecular complexity index is 334. The normalized spacial score (nSPS) is 10.8. The average molecular weight is 240 g/mol. The van der Waals surface area contributed by atoms with Gasteiger partial charge in [0, 0.05) is 5.02 Å². The van der Waals surface area contributed by atoms with Crippen LogP contribution in [-0.4, -0.2) is 6.54 Å². The van der Waals surface area contributed by atoms with Crippen LogP contribution in [0.2, 0.25) is 5.02 Å². The molecule has 0 aromatic heterocycles. The van der Waals surface area contributed by atoms with E-state index < -0.39 is 0 Å². The minimum atomic E-state index is 0.819. The molecule has 0 saturated heterocycles. The van der Waals surface area contributed by atoms with Crippen LogP contribution < -0.4 is 5.73 Å². The van der Waals surface area contributed by atoms with Gasteiger partial charge in [-0.25, -0.2) is 0 Å². The summed E-state index contributed by atoms with van der Waals surface area (Å²) in [6, 6.07) is 4.30. The van der Waals surface area contributed by atoms with Gasteiger partial charge in [0.05, 0.1) is 0 Å². The zero-order valence-electron chi connectivity index (χ0n) is 10.4. The third kappa shape index (κ3) is 4.15. The molecule has 0 aliphatic rings. The van der Waals surface area contributed by atoms with Crippen LogP contribution in [0.3, 0.4) is 0 Å². The summed E-state index contributed by atoms with van der Waals surface area (Å²) in [5.41, 5.74) is 9.41. The highest BCUT2D eigenvalue weighted by molar-refractivity contribution is 6.31. The fourth-order valence-corrected chi connectivity index (χ4v) is 2.14. The molecule has 0 spiro atoms. The first-order chi connectivity index (χ1) is 7.65. The first-order valence-corrected chi connectivity index (χ1v) is 6.48. The summed E-state index contributed by atoms with van der Waals surface area (Å²) in [6.07, 6.45) is 6.09. The maximum absolute atomic E-state index is 6.07. The van der Waals surface area contributed by atoms with Crippen LogP contribution in [0.4, 0.5) is 0 Å². The van der Waals surface area contributed by atoms with Gasteiger partial charge in [-0.05, 0) is 62.4 Å². The van der Waals surface area contributed by atoms with Gasteiger partial charge in [0.25, 0.3) is 0 Å². The van der Waals surface area contributed by atoms with Crippen molar-refractivity contribution in [3.8, 4) is 0 Å². The lowest BCUT2D eigenvalue weighted by atomic mass is 9.99. The molecular weight excluding hydrogens is 218 g/mol. The van der Waals surface area contributed by atoms with E-state index in [9.17, 15) is 0 Å². The van der Waals surface area contributed by atoms with Crippen molar-refractivity contribution >= 4 is 11.6 Å². The SMILES string of the molecule is Cc1cc(CCCCCCN)c(C)cc1Cl. The Kier molecular flexibility index (Phi) is 5.86. The van der Waals surface area contributed by atoms with E-state index in [2.05, 4.69) is 26.0 Å². The summed E-state index contributed by atoms with van der Waals surface area (Å²) in [4.78, 5) is 0. The summed E-state index contributed by atoms with van der Waals surface area (Å²) >= 11 is 6.07. The Morgan fingerprint density at radius 1 is 1.00 bits per heavy atom. The largest absolute Gasteiger partial charge is 0.330 e. The van der Waals surface area contributed by atoms with Crippen LogP contribution in [0.25, 0.3) is 0 Å². The third-order valence-corrected chi connectivity index (χ3v) is 3.42. The van der Waals surface area contributed by atoms with Crippen molar-refractivity contribution in [2.75, 3.05) is 6.54 Å².